The van der Waals surface area contributed by atoms with Crippen LogP contribution in [0.3, 0.4) is 0 Å². The van der Waals surface area contributed by atoms with Crippen molar-refractivity contribution in [2.45, 2.75) is 32.4 Å². The zero-order valence-electron chi connectivity index (χ0n) is 18.6. The molecule has 4 heterocycles. The van der Waals surface area contributed by atoms with Crippen molar-refractivity contribution >= 4 is 11.0 Å². The van der Waals surface area contributed by atoms with E-state index in [0.29, 0.717) is 23.4 Å². The van der Waals surface area contributed by atoms with Crippen molar-refractivity contribution in [2.24, 2.45) is 13.0 Å². The lowest BCUT2D eigenvalue weighted by Crippen LogP contribution is -2.35. The summed E-state index contributed by atoms with van der Waals surface area (Å²) in [6.07, 6.45) is 1.20. The standard InChI is InChI=1S/C23H25F3N6O/c1-3-32-8-4-5-15(14-32)7-10-33-22-18(23(24,25)26)11-16(13-28-22)20-17-6-9-31(2)21(17)30-19(12-27)29-20/h6,9,11,13,15H,3-5,7-8,10,14H2,1-2H3. The van der Waals surface area contributed by atoms with Crippen LogP contribution in [0.15, 0.2) is 24.5 Å². The molecular weight excluding hydrogens is 433 g/mol. The van der Waals surface area contributed by atoms with E-state index in [2.05, 4.69) is 26.8 Å². The van der Waals surface area contributed by atoms with E-state index in [9.17, 15) is 18.4 Å². The van der Waals surface area contributed by atoms with Crippen LogP contribution in [0, 0.1) is 17.2 Å². The van der Waals surface area contributed by atoms with E-state index in [0.717, 1.165) is 38.5 Å². The van der Waals surface area contributed by atoms with Crippen molar-refractivity contribution in [3.8, 4) is 23.2 Å². The van der Waals surface area contributed by atoms with Gasteiger partial charge in [-0.05, 0) is 50.4 Å². The second kappa shape index (κ2) is 9.35. The molecular formula is C23H25F3N6O. The van der Waals surface area contributed by atoms with Gasteiger partial charge in [0.1, 0.15) is 17.3 Å². The summed E-state index contributed by atoms with van der Waals surface area (Å²) in [5.41, 5.74) is -0.127. The number of fused-ring (bicyclic) bond motifs is 1. The highest BCUT2D eigenvalue weighted by Gasteiger charge is 2.36. The molecule has 1 atom stereocenters. The SMILES string of the molecule is CCN1CCCC(CCOc2ncc(-c3nc(C#N)nc4c3ccn4C)cc2C(F)(F)F)C1. The van der Waals surface area contributed by atoms with Crippen LogP contribution in [-0.2, 0) is 13.2 Å². The summed E-state index contributed by atoms with van der Waals surface area (Å²) in [7, 11) is 1.74. The van der Waals surface area contributed by atoms with Gasteiger partial charge in [-0.1, -0.05) is 6.92 Å². The number of ether oxygens (including phenoxy) is 1. The molecule has 0 aliphatic carbocycles. The third-order valence-electron chi connectivity index (χ3n) is 6.07. The molecule has 0 spiro atoms. The minimum Gasteiger partial charge on any atom is -0.477 e. The predicted octanol–water partition coefficient (Wildman–Crippen LogP) is 4.42. The van der Waals surface area contributed by atoms with Crippen molar-refractivity contribution in [3.05, 3.63) is 35.9 Å². The van der Waals surface area contributed by atoms with Gasteiger partial charge in [0.2, 0.25) is 11.7 Å². The summed E-state index contributed by atoms with van der Waals surface area (Å²) in [6.45, 7) is 5.28. The molecule has 0 amide bonds. The van der Waals surface area contributed by atoms with Crippen molar-refractivity contribution in [2.75, 3.05) is 26.2 Å². The van der Waals surface area contributed by atoms with E-state index in [1.165, 1.54) is 6.20 Å². The normalized spacial score (nSPS) is 17.3. The molecule has 0 aromatic carbocycles. The molecule has 0 radical (unpaired) electrons. The van der Waals surface area contributed by atoms with E-state index < -0.39 is 17.6 Å². The number of pyridine rings is 1. The van der Waals surface area contributed by atoms with Crippen molar-refractivity contribution < 1.29 is 17.9 Å². The summed E-state index contributed by atoms with van der Waals surface area (Å²) < 4.78 is 48.8. The molecule has 1 fully saturated rings. The molecule has 0 saturated carbocycles. The maximum atomic E-state index is 13.9. The number of nitriles is 1. The van der Waals surface area contributed by atoms with Crippen molar-refractivity contribution in [1.29, 1.82) is 5.26 Å². The molecule has 0 N–H and O–H groups in total. The number of piperidine rings is 1. The molecule has 1 saturated heterocycles. The van der Waals surface area contributed by atoms with Crippen molar-refractivity contribution in [3.63, 3.8) is 0 Å². The third-order valence-corrected chi connectivity index (χ3v) is 6.07. The Hall–Kier alpha value is -3.19. The fourth-order valence-corrected chi connectivity index (χ4v) is 4.30. The van der Waals surface area contributed by atoms with Gasteiger partial charge in [0.05, 0.1) is 12.3 Å². The van der Waals surface area contributed by atoms with Gasteiger partial charge >= 0.3 is 6.18 Å². The van der Waals surface area contributed by atoms with Gasteiger partial charge in [-0.25, -0.2) is 15.0 Å². The number of hydrogen-bond donors (Lipinski definition) is 0. The largest absolute Gasteiger partial charge is 0.477 e. The zero-order chi connectivity index (χ0) is 23.6. The number of aryl methyl sites for hydroxylation is 1. The Morgan fingerprint density at radius 3 is 2.85 bits per heavy atom. The summed E-state index contributed by atoms with van der Waals surface area (Å²) in [5, 5.41) is 9.80. The summed E-state index contributed by atoms with van der Waals surface area (Å²) in [4.78, 5) is 14.7. The number of likely N-dealkylation sites (tertiary alicyclic amines) is 1. The maximum absolute atomic E-state index is 13.9. The smallest absolute Gasteiger partial charge is 0.421 e. The first-order valence-corrected chi connectivity index (χ1v) is 11.0. The van der Waals surface area contributed by atoms with Gasteiger partial charge in [0.15, 0.2) is 0 Å². The highest BCUT2D eigenvalue weighted by atomic mass is 19.4. The Morgan fingerprint density at radius 2 is 2.12 bits per heavy atom. The molecule has 7 nitrogen and oxygen atoms in total. The lowest BCUT2D eigenvalue weighted by molar-refractivity contribution is -0.139. The highest BCUT2D eigenvalue weighted by Crippen LogP contribution is 2.38. The number of halogens is 3. The topological polar surface area (TPSA) is 79.9 Å². The molecule has 174 valence electrons. The van der Waals surface area contributed by atoms with Crippen LogP contribution >= 0.6 is 0 Å². The molecule has 1 aliphatic heterocycles. The molecule has 1 aliphatic rings. The average Bonchev–Trinajstić information content (AvgIpc) is 3.18. The molecule has 3 aromatic rings. The van der Waals surface area contributed by atoms with E-state index >= 15 is 0 Å². The first-order chi connectivity index (χ1) is 15.8. The van der Waals surface area contributed by atoms with E-state index in [1.807, 2.05) is 6.07 Å². The number of nitrogens with zero attached hydrogens (tertiary/aromatic N) is 6. The van der Waals surface area contributed by atoms with Gasteiger partial charge < -0.3 is 14.2 Å². The van der Waals surface area contributed by atoms with Crippen LogP contribution in [0.4, 0.5) is 13.2 Å². The van der Waals surface area contributed by atoms with Crippen LogP contribution in [0.25, 0.3) is 22.3 Å². The number of aromatic nitrogens is 4. The average molecular weight is 458 g/mol. The molecule has 0 bridgehead atoms. The molecule has 3 aromatic heterocycles. The molecule has 4 rings (SSSR count). The van der Waals surface area contributed by atoms with Crippen LogP contribution in [-0.4, -0.2) is 50.7 Å². The van der Waals surface area contributed by atoms with Gasteiger partial charge in [-0.3, -0.25) is 0 Å². The molecule has 10 heteroatoms. The van der Waals surface area contributed by atoms with Gasteiger partial charge in [0, 0.05) is 36.9 Å². The minimum absolute atomic E-state index is 0.123. The minimum atomic E-state index is -4.65. The van der Waals surface area contributed by atoms with Gasteiger partial charge in [-0.15, -0.1) is 0 Å². The fraction of sp³-hybridized carbons (Fsp3) is 0.478. The second-order valence-corrected chi connectivity index (χ2v) is 8.28. The quantitative estimate of drug-likeness (QED) is 0.544. The second-order valence-electron chi connectivity index (χ2n) is 8.28. The summed E-state index contributed by atoms with van der Waals surface area (Å²) >= 11 is 0. The molecule has 1 unspecified atom stereocenters. The van der Waals surface area contributed by atoms with E-state index in [4.69, 9.17) is 4.74 Å². The summed E-state index contributed by atoms with van der Waals surface area (Å²) in [6, 6.07) is 4.55. The monoisotopic (exact) mass is 458 g/mol. The fourth-order valence-electron chi connectivity index (χ4n) is 4.30. The van der Waals surface area contributed by atoms with Crippen LogP contribution in [0.1, 0.15) is 37.6 Å². The van der Waals surface area contributed by atoms with Crippen molar-refractivity contribution in [1.82, 2.24) is 24.4 Å². The van der Waals surface area contributed by atoms with Crippen LogP contribution < -0.4 is 4.74 Å². The third kappa shape index (κ3) is 4.93. The zero-order valence-corrected chi connectivity index (χ0v) is 18.6. The van der Waals surface area contributed by atoms with Gasteiger partial charge in [0.25, 0.3) is 0 Å². The lowest BCUT2D eigenvalue weighted by Gasteiger charge is -2.31. The number of rotatable bonds is 6. The lowest BCUT2D eigenvalue weighted by atomic mass is 9.95. The Labute approximate surface area is 189 Å². The Morgan fingerprint density at radius 1 is 1.30 bits per heavy atom. The Balaban J connectivity index is 1.61. The molecule has 33 heavy (non-hydrogen) atoms. The first-order valence-electron chi connectivity index (χ1n) is 11.0. The number of alkyl halides is 3. The maximum Gasteiger partial charge on any atom is 0.421 e. The van der Waals surface area contributed by atoms with Gasteiger partial charge in [-0.2, -0.15) is 18.4 Å². The first kappa shape index (κ1) is 23.0. The number of hydrogen-bond acceptors (Lipinski definition) is 6. The Bertz CT molecular complexity index is 1180. The predicted molar refractivity (Wildman–Crippen MR) is 116 cm³/mol. The highest BCUT2D eigenvalue weighted by molar-refractivity contribution is 5.91. The van der Waals surface area contributed by atoms with E-state index in [-0.39, 0.29) is 23.7 Å². The van der Waals surface area contributed by atoms with Crippen LogP contribution in [0.2, 0.25) is 0 Å². The van der Waals surface area contributed by atoms with Crippen LogP contribution in [0.5, 0.6) is 5.88 Å². The Kier molecular flexibility index (Phi) is 6.51. The summed E-state index contributed by atoms with van der Waals surface area (Å²) in [5.74, 6) is -0.154. The van der Waals surface area contributed by atoms with E-state index in [1.54, 1.807) is 23.9 Å².